The predicted octanol–water partition coefficient (Wildman–Crippen LogP) is 1.62. The Hall–Kier alpha value is -1.91. The number of fused-ring (bicyclic) bond motifs is 1. The number of aromatic nitrogens is 3. The van der Waals surface area contributed by atoms with Crippen molar-refractivity contribution in [1.29, 1.82) is 0 Å². The maximum atomic E-state index is 12.0. The second kappa shape index (κ2) is 4.40. The zero-order chi connectivity index (χ0) is 13.3. The molecule has 5 nitrogen and oxygen atoms in total. The molecule has 0 aliphatic carbocycles. The van der Waals surface area contributed by atoms with Gasteiger partial charge in [-0.25, -0.2) is 9.78 Å². The molecule has 0 aliphatic rings. The van der Waals surface area contributed by atoms with Crippen molar-refractivity contribution >= 4 is 11.0 Å². The predicted molar refractivity (Wildman–Crippen MR) is 70.9 cm³/mol. The van der Waals surface area contributed by atoms with Crippen LogP contribution in [-0.2, 0) is 5.54 Å². The molecule has 96 valence electrons. The monoisotopic (exact) mass is 247 g/mol. The highest BCUT2D eigenvalue weighted by molar-refractivity contribution is 5.73. The summed E-state index contributed by atoms with van der Waals surface area (Å²) in [5.74, 6) is 0. The van der Waals surface area contributed by atoms with Crippen LogP contribution < -0.4 is 11.2 Å². The van der Waals surface area contributed by atoms with Crippen molar-refractivity contribution < 1.29 is 0 Å². The molecule has 0 saturated carbocycles. The zero-order valence-corrected chi connectivity index (χ0v) is 10.9. The molecule has 2 heterocycles. The maximum absolute atomic E-state index is 12.0. The molecule has 5 heteroatoms. The molecule has 0 radical (unpaired) electrons. The Labute approximate surface area is 104 Å². The van der Waals surface area contributed by atoms with Crippen LogP contribution in [0.3, 0.4) is 0 Å². The molecular formula is C13H17N3O2. The standard InChI is InChI=1S/C13H17N3O2/c1-4-7-13(2,3)16-10-9(6-5-8-14-10)11(17)15-12(16)18/h5-6,8H,4,7H2,1-3H3,(H,15,17,18). The molecule has 2 rings (SSSR count). The molecule has 1 N–H and O–H groups in total. The fourth-order valence-corrected chi connectivity index (χ4v) is 2.35. The molecule has 0 unspecified atom stereocenters. The van der Waals surface area contributed by atoms with Crippen LogP contribution in [0.15, 0.2) is 27.9 Å². The van der Waals surface area contributed by atoms with Crippen LogP contribution in [0.5, 0.6) is 0 Å². The second-order valence-corrected chi connectivity index (χ2v) is 5.03. The summed E-state index contributed by atoms with van der Waals surface area (Å²) in [6.07, 6.45) is 3.39. The van der Waals surface area contributed by atoms with Crippen LogP contribution in [-0.4, -0.2) is 14.5 Å². The van der Waals surface area contributed by atoms with Gasteiger partial charge in [-0.05, 0) is 32.4 Å². The first-order chi connectivity index (χ1) is 8.47. The topological polar surface area (TPSA) is 67.8 Å². The van der Waals surface area contributed by atoms with Crippen LogP contribution in [0.4, 0.5) is 0 Å². The third-order valence-corrected chi connectivity index (χ3v) is 3.13. The summed E-state index contributed by atoms with van der Waals surface area (Å²) < 4.78 is 1.58. The Morgan fingerprint density at radius 3 is 2.78 bits per heavy atom. The summed E-state index contributed by atoms with van der Waals surface area (Å²) in [5, 5.41) is 0.446. The summed E-state index contributed by atoms with van der Waals surface area (Å²) in [4.78, 5) is 30.3. The number of nitrogens with one attached hydrogen (secondary N) is 1. The highest BCUT2D eigenvalue weighted by Crippen LogP contribution is 2.22. The van der Waals surface area contributed by atoms with E-state index in [2.05, 4.69) is 16.9 Å². The molecule has 0 aliphatic heterocycles. The van der Waals surface area contributed by atoms with Crippen molar-refractivity contribution in [2.75, 3.05) is 0 Å². The number of H-pyrrole nitrogens is 1. The van der Waals surface area contributed by atoms with Crippen molar-refractivity contribution in [1.82, 2.24) is 14.5 Å². The minimum atomic E-state index is -0.398. The summed E-state index contributed by atoms with van der Waals surface area (Å²) in [7, 11) is 0. The quantitative estimate of drug-likeness (QED) is 0.896. The summed E-state index contributed by atoms with van der Waals surface area (Å²) in [6, 6.07) is 3.37. The van der Waals surface area contributed by atoms with Gasteiger partial charge in [-0.1, -0.05) is 13.3 Å². The number of hydrogen-bond acceptors (Lipinski definition) is 3. The van der Waals surface area contributed by atoms with Crippen LogP contribution in [0.2, 0.25) is 0 Å². The van der Waals surface area contributed by atoms with E-state index in [4.69, 9.17) is 0 Å². The van der Waals surface area contributed by atoms with Gasteiger partial charge in [-0.3, -0.25) is 14.3 Å². The Morgan fingerprint density at radius 1 is 1.39 bits per heavy atom. The number of nitrogens with zero attached hydrogens (tertiary/aromatic N) is 2. The molecule has 18 heavy (non-hydrogen) atoms. The van der Waals surface area contributed by atoms with Crippen molar-refractivity contribution in [3.05, 3.63) is 39.2 Å². The number of hydrogen-bond donors (Lipinski definition) is 1. The molecule has 2 aromatic rings. The van der Waals surface area contributed by atoms with E-state index in [9.17, 15) is 9.59 Å². The fourth-order valence-electron chi connectivity index (χ4n) is 2.35. The van der Waals surface area contributed by atoms with Gasteiger partial charge in [-0.15, -0.1) is 0 Å². The van der Waals surface area contributed by atoms with E-state index < -0.39 is 5.69 Å². The Kier molecular flexibility index (Phi) is 3.07. The molecule has 0 aromatic carbocycles. The lowest BCUT2D eigenvalue weighted by atomic mass is 9.98. The largest absolute Gasteiger partial charge is 0.330 e. The first kappa shape index (κ1) is 12.5. The molecule has 0 bridgehead atoms. The van der Waals surface area contributed by atoms with E-state index >= 15 is 0 Å². The maximum Gasteiger partial charge on any atom is 0.330 e. The highest BCUT2D eigenvalue weighted by Gasteiger charge is 2.24. The van der Waals surface area contributed by atoms with Gasteiger partial charge < -0.3 is 0 Å². The van der Waals surface area contributed by atoms with Gasteiger partial charge in [0.2, 0.25) is 0 Å². The van der Waals surface area contributed by atoms with E-state index in [0.717, 1.165) is 12.8 Å². The molecule has 0 saturated heterocycles. The van der Waals surface area contributed by atoms with Gasteiger partial charge >= 0.3 is 5.69 Å². The van der Waals surface area contributed by atoms with E-state index in [1.165, 1.54) is 0 Å². The molecular weight excluding hydrogens is 230 g/mol. The number of rotatable bonds is 3. The van der Waals surface area contributed by atoms with E-state index in [1.54, 1.807) is 22.9 Å². The average molecular weight is 247 g/mol. The van der Waals surface area contributed by atoms with Crippen LogP contribution in [0, 0.1) is 0 Å². The SMILES string of the molecule is CCCC(C)(C)n1c(=O)[nH]c(=O)c2cccnc21. The Morgan fingerprint density at radius 2 is 2.11 bits per heavy atom. The van der Waals surface area contributed by atoms with Crippen molar-refractivity contribution in [3.8, 4) is 0 Å². The van der Waals surface area contributed by atoms with E-state index in [0.29, 0.717) is 11.0 Å². The average Bonchev–Trinajstić information content (AvgIpc) is 2.28. The zero-order valence-electron chi connectivity index (χ0n) is 10.9. The Bertz CT molecular complexity index is 682. The van der Waals surface area contributed by atoms with Gasteiger partial charge in [0.05, 0.1) is 5.39 Å². The third-order valence-electron chi connectivity index (χ3n) is 3.13. The van der Waals surface area contributed by atoms with Gasteiger partial charge in [-0.2, -0.15) is 0 Å². The van der Waals surface area contributed by atoms with Crippen molar-refractivity contribution in [3.63, 3.8) is 0 Å². The number of aromatic amines is 1. The van der Waals surface area contributed by atoms with Crippen molar-refractivity contribution in [2.45, 2.75) is 39.2 Å². The second-order valence-electron chi connectivity index (χ2n) is 5.03. The van der Waals surface area contributed by atoms with Gasteiger partial charge in [0.25, 0.3) is 5.56 Å². The smallest absolute Gasteiger partial charge is 0.273 e. The lowest BCUT2D eigenvalue weighted by Gasteiger charge is -2.27. The van der Waals surface area contributed by atoms with Crippen LogP contribution in [0.25, 0.3) is 11.0 Å². The normalized spacial score (nSPS) is 11.9. The van der Waals surface area contributed by atoms with Crippen molar-refractivity contribution in [2.24, 2.45) is 0 Å². The minimum Gasteiger partial charge on any atom is -0.273 e. The summed E-state index contributed by atoms with van der Waals surface area (Å²) in [6.45, 7) is 6.02. The van der Waals surface area contributed by atoms with Gasteiger partial charge in [0.1, 0.15) is 5.65 Å². The van der Waals surface area contributed by atoms with Crippen LogP contribution in [0.1, 0.15) is 33.6 Å². The third kappa shape index (κ3) is 1.96. The van der Waals surface area contributed by atoms with E-state index in [-0.39, 0.29) is 11.1 Å². The first-order valence-electron chi connectivity index (χ1n) is 6.08. The van der Waals surface area contributed by atoms with Gasteiger partial charge in [0.15, 0.2) is 0 Å². The molecule has 0 atom stereocenters. The molecule has 0 amide bonds. The fraction of sp³-hybridized carbons (Fsp3) is 0.462. The minimum absolute atomic E-state index is 0.372. The first-order valence-corrected chi connectivity index (χ1v) is 6.08. The lowest BCUT2D eigenvalue weighted by Crippen LogP contribution is -2.41. The van der Waals surface area contributed by atoms with E-state index in [1.807, 2.05) is 13.8 Å². The molecule has 2 aromatic heterocycles. The number of pyridine rings is 1. The highest BCUT2D eigenvalue weighted by atomic mass is 16.2. The summed E-state index contributed by atoms with van der Waals surface area (Å²) in [5.41, 5.74) is -0.705. The lowest BCUT2D eigenvalue weighted by molar-refractivity contribution is 0.319. The molecule has 0 fully saturated rings. The summed E-state index contributed by atoms with van der Waals surface area (Å²) >= 11 is 0. The van der Waals surface area contributed by atoms with Crippen LogP contribution >= 0.6 is 0 Å². The Balaban J connectivity index is 2.87. The van der Waals surface area contributed by atoms with Gasteiger partial charge in [0, 0.05) is 11.7 Å². The molecule has 0 spiro atoms.